The summed E-state index contributed by atoms with van der Waals surface area (Å²) >= 11 is 6.93. The standard InChI is InChI=1S/C25H21Br2N3O2/c1-17-8-10-18(11-9-17)14-30-15-23(27)24(29-30)28-25(31)20-5-2-4-19(12-20)16-32-22-7-3-6-21(26)13-22/h2-13,15H,14,16H2,1H3,(H,28,29,31). The largest absolute Gasteiger partial charge is 0.489 e. The maximum Gasteiger partial charge on any atom is 0.256 e. The molecule has 7 heteroatoms. The summed E-state index contributed by atoms with van der Waals surface area (Å²) in [6.07, 6.45) is 1.86. The molecule has 0 bridgehead atoms. The van der Waals surface area contributed by atoms with Crippen molar-refractivity contribution in [3.05, 3.63) is 110 Å². The molecule has 0 atom stereocenters. The van der Waals surface area contributed by atoms with E-state index in [1.807, 2.05) is 48.7 Å². The van der Waals surface area contributed by atoms with Gasteiger partial charge < -0.3 is 10.1 Å². The van der Waals surface area contributed by atoms with Crippen molar-refractivity contribution < 1.29 is 9.53 Å². The molecule has 1 aromatic heterocycles. The van der Waals surface area contributed by atoms with E-state index in [1.165, 1.54) is 5.56 Å². The van der Waals surface area contributed by atoms with E-state index in [2.05, 4.69) is 73.5 Å². The summed E-state index contributed by atoms with van der Waals surface area (Å²) in [7, 11) is 0. The Labute approximate surface area is 203 Å². The third-order valence-electron chi connectivity index (χ3n) is 4.80. The molecule has 1 amide bonds. The molecule has 1 heterocycles. The summed E-state index contributed by atoms with van der Waals surface area (Å²) in [5.74, 6) is 1.02. The van der Waals surface area contributed by atoms with Gasteiger partial charge in [-0.2, -0.15) is 5.10 Å². The van der Waals surface area contributed by atoms with Gasteiger partial charge in [0, 0.05) is 16.2 Å². The molecule has 0 fully saturated rings. The third-order valence-corrected chi connectivity index (χ3v) is 5.88. The van der Waals surface area contributed by atoms with Gasteiger partial charge in [-0.1, -0.05) is 64.0 Å². The molecule has 0 saturated carbocycles. The molecular formula is C25H21Br2N3O2. The molecule has 3 aromatic carbocycles. The Bertz CT molecular complexity index is 1240. The molecule has 32 heavy (non-hydrogen) atoms. The van der Waals surface area contributed by atoms with Gasteiger partial charge in [0.15, 0.2) is 5.82 Å². The number of carbonyl (C=O) groups excluding carboxylic acids is 1. The Morgan fingerprint density at radius 2 is 1.78 bits per heavy atom. The van der Waals surface area contributed by atoms with Crippen molar-refractivity contribution in [2.75, 3.05) is 5.32 Å². The summed E-state index contributed by atoms with van der Waals surface area (Å²) < 4.78 is 9.31. The van der Waals surface area contributed by atoms with Crippen molar-refractivity contribution in [3.8, 4) is 5.75 Å². The number of nitrogens with one attached hydrogen (secondary N) is 1. The summed E-state index contributed by atoms with van der Waals surface area (Å²) in [6, 6.07) is 23.3. The number of aromatic nitrogens is 2. The first-order chi connectivity index (χ1) is 15.5. The van der Waals surface area contributed by atoms with E-state index in [9.17, 15) is 4.79 Å². The Balaban J connectivity index is 1.41. The number of hydrogen-bond donors (Lipinski definition) is 1. The van der Waals surface area contributed by atoms with Crippen molar-refractivity contribution in [3.63, 3.8) is 0 Å². The number of ether oxygens (including phenoxy) is 1. The van der Waals surface area contributed by atoms with E-state index in [0.29, 0.717) is 24.5 Å². The highest BCUT2D eigenvalue weighted by Crippen LogP contribution is 2.22. The summed E-state index contributed by atoms with van der Waals surface area (Å²) in [4.78, 5) is 12.8. The average molecular weight is 555 g/mol. The Morgan fingerprint density at radius 3 is 2.56 bits per heavy atom. The summed E-state index contributed by atoms with van der Waals surface area (Å²) in [6.45, 7) is 3.05. The van der Waals surface area contributed by atoms with E-state index >= 15 is 0 Å². The van der Waals surface area contributed by atoms with Crippen molar-refractivity contribution >= 4 is 43.6 Å². The van der Waals surface area contributed by atoms with Gasteiger partial charge in [0.2, 0.25) is 0 Å². The van der Waals surface area contributed by atoms with E-state index in [1.54, 1.807) is 10.7 Å². The fourth-order valence-corrected chi connectivity index (χ4v) is 3.94. The second-order valence-electron chi connectivity index (χ2n) is 7.41. The van der Waals surface area contributed by atoms with Crippen LogP contribution in [0.5, 0.6) is 5.75 Å². The first kappa shape index (κ1) is 22.3. The molecule has 4 rings (SSSR count). The number of hydrogen-bond acceptors (Lipinski definition) is 3. The number of amides is 1. The molecule has 0 aliphatic heterocycles. The Hall–Kier alpha value is -2.90. The van der Waals surface area contributed by atoms with Crippen LogP contribution in [0, 0.1) is 6.92 Å². The van der Waals surface area contributed by atoms with Crippen LogP contribution in [0.3, 0.4) is 0 Å². The van der Waals surface area contributed by atoms with Gasteiger partial charge in [-0.15, -0.1) is 0 Å². The number of halogens is 2. The third kappa shape index (κ3) is 5.87. The van der Waals surface area contributed by atoms with E-state index in [4.69, 9.17) is 4.74 Å². The van der Waals surface area contributed by atoms with Crippen LogP contribution >= 0.6 is 31.9 Å². The minimum atomic E-state index is -0.226. The fraction of sp³-hybridized carbons (Fsp3) is 0.120. The minimum absolute atomic E-state index is 0.226. The van der Waals surface area contributed by atoms with Crippen LogP contribution in [-0.4, -0.2) is 15.7 Å². The van der Waals surface area contributed by atoms with Crippen molar-refractivity contribution in [2.45, 2.75) is 20.1 Å². The van der Waals surface area contributed by atoms with Gasteiger partial charge in [0.05, 0.1) is 11.0 Å². The lowest BCUT2D eigenvalue weighted by molar-refractivity contribution is 0.102. The monoisotopic (exact) mass is 553 g/mol. The van der Waals surface area contributed by atoms with Gasteiger partial charge in [-0.25, -0.2) is 0 Å². The lowest BCUT2D eigenvalue weighted by atomic mass is 10.1. The maximum atomic E-state index is 12.8. The van der Waals surface area contributed by atoms with Gasteiger partial charge >= 0.3 is 0 Å². The van der Waals surface area contributed by atoms with Crippen LogP contribution < -0.4 is 10.1 Å². The van der Waals surface area contributed by atoms with Gasteiger partial charge in [0.1, 0.15) is 12.4 Å². The first-order valence-electron chi connectivity index (χ1n) is 10.0. The average Bonchev–Trinajstić information content (AvgIpc) is 3.12. The van der Waals surface area contributed by atoms with Crippen LogP contribution in [-0.2, 0) is 13.2 Å². The van der Waals surface area contributed by atoms with Crippen molar-refractivity contribution in [1.82, 2.24) is 9.78 Å². The molecule has 162 valence electrons. The number of carbonyl (C=O) groups is 1. The molecule has 5 nitrogen and oxygen atoms in total. The second-order valence-corrected chi connectivity index (χ2v) is 9.18. The summed E-state index contributed by atoms with van der Waals surface area (Å²) in [5.41, 5.74) is 3.80. The highest BCUT2D eigenvalue weighted by Gasteiger charge is 2.13. The molecule has 1 N–H and O–H groups in total. The van der Waals surface area contributed by atoms with E-state index in [0.717, 1.165) is 25.8 Å². The van der Waals surface area contributed by atoms with Crippen molar-refractivity contribution in [1.29, 1.82) is 0 Å². The van der Waals surface area contributed by atoms with E-state index in [-0.39, 0.29) is 5.91 Å². The highest BCUT2D eigenvalue weighted by atomic mass is 79.9. The lowest BCUT2D eigenvalue weighted by Gasteiger charge is -2.08. The number of anilines is 1. The van der Waals surface area contributed by atoms with Crippen LogP contribution in [0.25, 0.3) is 0 Å². The lowest BCUT2D eigenvalue weighted by Crippen LogP contribution is -2.13. The minimum Gasteiger partial charge on any atom is -0.489 e. The molecule has 0 radical (unpaired) electrons. The molecule has 0 aliphatic rings. The molecule has 0 unspecified atom stereocenters. The molecule has 0 aliphatic carbocycles. The maximum absolute atomic E-state index is 12.8. The molecular weight excluding hydrogens is 534 g/mol. The predicted octanol–water partition coefficient (Wildman–Crippen LogP) is 6.60. The van der Waals surface area contributed by atoms with E-state index < -0.39 is 0 Å². The van der Waals surface area contributed by atoms with Gasteiger partial charge in [-0.3, -0.25) is 9.48 Å². The quantitative estimate of drug-likeness (QED) is 0.280. The smallest absolute Gasteiger partial charge is 0.256 e. The SMILES string of the molecule is Cc1ccc(Cn2cc(Br)c(NC(=O)c3cccc(COc4cccc(Br)c4)c3)n2)cc1. The first-order valence-corrected chi connectivity index (χ1v) is 11.6. The molecule has 4 aromatic rings. The zero-order chi connectivity index (χ0) is 22.5. The number of nitrogens with zero attached hydrogens (tertiary/aromatic N) is 2. The predicted molar refractivity (Wildman–Crippen MR) is 133 cm³/mol. The highest BCUT2D eigenvalue weighted by molar-refractivity contribution is 9.10. The molecule has 0 spiro atoms. The van der Waals surface area contributed by atoms with Crippen molar-refractivity contribution in [2.24, 2.45) is 0 Å². The van der Waals surface area contributed by atoms with Crippen LogP contribution in [0.4, 0.5) is 5.82 Å². The van der Waals surface area contributed by atoms with Crippen LogP contribution in [0.15, 0.2) is 87.9 Å². The van der Waals surface area contributed by atoms with Crippen LogP contribution in [0.2, 0.25) is 0 Å². The molecule has 0 saturated heterocycles. The van der Waals surface area contributed by atoms with Gasteiger partial charge in [0.25, 0.3) is 5.91 Å². The Kier molecular flexibility index (Phi) is 7.07. The number of rotatable bonds is 7. The number of aryl methyl sites for hydroxylation is 1. The second kappa shape index (κ2) is 10.1. The normalized spacial score (nSPS) is 10.7. The van der Waals surface area contributed by atoms with Gasteiger partial charge in [-0.05, 0) is 64.3 Å². The zero-order valence-electron chi connectivity index (χ0n) is 17.4. The van der Waals surface area contributed by atoms with Crippen LogP contribution in [0.1, 0.15) is 27.0 Å². The summed E-state index contributed by atoms with van der Waals surface area (Å²) in [5, 5.41) is 7.39. The number of benzene rings is 3. The fourth-order valence-electron chi connectivity index (χ4n) is 3.15. The topological polar surface area (TPSA) is 56.2 Å². The zero-order valence-corrected chi connectivity index (χ0v) is 20.6. The Morgan fingerprint density at radius 1 is 1.00 bits per heavy atom.